The van der Waals surface area contributed by atoms with Crippen molar-refractivity contribution in [3.05, 3.63) is 59.4 Å². The first-order valence-corrected chi connectivity index (χ1v) is 5.32. The van der Waals surface area contributed by atoms with Crippen molar-refractivity contribution in [1.82, 2.24) is 0 Å². The van der Waals surface area contributed by atoms with Crippen LogP contribution in [-0.2, 0) is 6.61 Å². The molecule has 0 fully saturated rings. The number of phenols is 1. The van der Waals surface area contributed by atoms with Crippen molar-refractivity contribution >= 4 is 0 Å². The second-order valence-electron chi connectivity index (χ2n) is 3.82. The van der Waals surface area contributed by atoms with Crippen molar-refractivity contribution < 1.29 is 14.2 Å². The van der Waals surface area contributed by atoms with Crippen molar-refractivity contribution in [3.63, 3.8) is 0 Å². The van der Waals surface area contributed by atoms with Gasteiger partial charge in [-0.15, -0.1) is 0 Å². The van der Waals surface area contributed by atoms with Crippen LogP contribution >= 0.6 is 0 Å². The lowest BCUT2D eigenvalue weighted by Crippen LogP contribution is -1.97. The Kier molecular flexibility index (Phi) is 3.28. The van der Waals surface area contributed by atoms with Crippen LogP contribution in [0.2, 0.25) is 0 Å². The highest BCUT2D eigenvalue weighted by Gasteiger charge is 2.04. The molecule has 2 aromatic rings. The van der Waals surface area contributed by atoms with Crippen molar-refractivity contribution in [3.8, 4) is 11.5 Å². The molecule has 0 aliphatic rings. The minimum absolute atomic E-state index is 0.196. The van der Waals surface area contributed by atoms with E-state index >= 15 is 0 Å². The lowest BCUT2D eigenvalue weighted by atomic mass is 10.2. The van der Waals surface area contributed by atoms with E-state index in [0.29, 0.717) is 11.3 Å². The molecule has 3 heteroatoms. The zero-order valence-electron chi connectivity index (χ0n) is 9.48. The first-order valence-electron chi connectivity index (χ1n) is 5.32. The summed E-state index contributed by atoms with van der Waals surface area (Å²) in [6.45, 7) is 2.05. The molecule has 0 heterocycles. The minimum atomic E-state index is -0.279. The maximum absolute atomic E-state index is 12.9. The third-order valence-corrected chi connectivity index (χ3v) is 2.54. The van der Waals surface area contributed by atoms with Crippen molar-refractivity contribution in [1.29, 1.82) is 0 Å². The predicted octanol–water partition coefficient (Wildman–Crippen LogP) is 3.42. The van der Waals surface area contributed by atoms with E-state index in [9.17, 15) is 9.50 Å². The van der Waals surface area contributed by atoms with Crippen LogP contribution in [0.15, 0.2) is 42.5 Å². The molecule has 0 aromatic heterocycles. The van der Waals surface area contributed by atoms with Crippen LogP contribution in [0.1, 0.15) is 11.1 Å². The Balaban J connectivity index is 2.10. The van der Waals surface area contributed by atoms with Crippen LogP contribution in [0, 0.1) is 12.7 Å². The number of hydrogen-bond donors (Lipinski definition) is 1. The molecule has 88 valence electrons. The molecule has 0 saturated carbocycles. The lowest BCUT2D eigenvalue weighted by Gasteiger charge is -2.10. The molecular formula is C14H13FO2. The minimum Gasteiger partial charge on any atom is -0.508 e. The maximum Gasteiger partial charge on any atom is 0.126 e. The summed E-state index contributed by atoms with van der Waals surface area (Å²) in [6.07, 6.45) is 0. The van der Waals surface area contributed by atoms with Crippen LogP contribution in [-0.4, -0.2) is 5.11 Å². The number of ether oxygens (including phenoxy) is 1. The van der Waals surface area contributed by atoms with Gasteiger partial charge in [-0.25, -0.2) is 4.39 Å². The molecule has 0 saturated heterocycles. The molecule has 0 atom stereocenters. The first kappa shape index (κ1) is 11.5. The second kappa shape index (κ2) is 4.87. The van der Waals surface area contributed by atoms with Gasteiger partial charge in [0.15, 0.2) is 0 Å². The van der Waals surface area contributed by atoms with Crippen molar-refractivity contribution in [2.24, 2.45) is 0 Å². The Hall–Kier alpha value is -2.03. The van der Waals surface area contributed by atoms with Gasteiger partial charge >= 0.3 is 0 Å². The molecule has 2 nitrogen and oxygen atoms in total. The van der Waals surface area contributed by atoms with E-state index in [2.05, 4.69) is 0 Å². The number of phenolic OH excluding ortho intramolecular Hbond substituents is 1. The standard InChI is InChI=1S/C14H13FO2/c1-10-13(16)6-3-7-14(10)17-9-11-4-2-5-12(15)8-11/h2-8,16H,9H2,1H3. The van der Waals surface area contributed by atoms with Gasteiger partial charge in [-0.05, 0) is 36.8 Å². The van der Waals surface area contributed by atoms with Gasteiger partial charge in [0, 0.05) is 5.56 Å². The third kappa shape index (κ3) is 2.75. The molecule has 17 heavy (non-hydrogen) atoms. The SMILES string of the molecule is Cc1c(O)cccc1OCc1cccc(F)c1. The fourth-order valence-corrected chi connectivity index (χ4v) is 1.55. The normalized spacial score (nSPS) is 10.2. The number of aromatic hydroxyl groups is 1. The predicted molar refractivity (Wildman–Crippen MR) is 63.6 cm³/mol. The molecule has 0 unspecified atom stereocenters. The Morgan fingerprint density at radius 3 is 2.71 bits per heavy atom. The van der Waals surface area contributed by atoms with Gasteiger partial charge in [0.05, 0.1) is 0 Å². The van der Waals surface area contributed by atoms with E-state index in [4.69, 9.17) is 4.74 Å². The van der Waals surface area contributed by atoms with Crippen LogP contribution < -0.4 is 4.74 Å². The largest absolute Gasteiger partial charge is 0.508 e. The molecule has 0 amide bonds. The zero-order valence-corrected chi connectivity index (χ0v) is 9.48. The highest BCUT2D eigenvalue weighted by Crippen LogP contribution is 2.26. The van der Waals surface area contributed by atoms with Crippen molar-refractivity contribution in [2.45, 2.75) is 13.5 Å². The van der Waals surface area contributed by atoms with E-state index in [-0.39, 0.29) is 18.2 Å². The Bertz CT molecular complexity index is 523. The molecule has 0 aliphatic heterocycles. The Morgan fingerprint density at radius 1 is 1.18 bits per heavy atom. The van der Waals surface area contributed by atoms with E-state index in [1.807, 2.05) is 0 Å². The van der Waals surface area contributed by atoms with E-state index < -0.39 is 0 Å². The number of rotatable bonds is 3. The summed E-state index contributed by atoms with van der Waals surface area (Å²) in [4.78, 5) is 0. The highest BCUT2D eigenvalue weighted by atomic mass is 19.1. The van der Waals surface area contributed by atoms with Gasteiger partial charge < -0.3 is 9.84 Å². The van der Waals surface area contributed by atoms with Gasteiger partial charge in [-0.3, -0.25) is 0 Å². The van der Waals surface area contributed by atoms with E-state index in [0.717, 1.165) is 5.56 Å². The second-order valence-corrected chi connectivity index (χ2v) is 3.82. The average Bonchev–Trinajstić information content (AvgIpc) is 2.31. The smallest absolute Gasteiger partial charge is 0.126 e. The third-order valence-electron chi connectivity index (χ3n) is 2.54. The van der Waals surface area contributed by atoms with Gasteiger partial charge in [0.2, 0.25) is 0 Å². The first-order chi connectivity index (χ1) is 8.16. The fraction of sp³-hybridized carbons (Fsp3) is 0.143. The molecular weight excluding hydrogens is 219 g/mol. The molecule has 2 aromatic carbocycles. The molecule has 2 rings (SSSR count). The molecule has 0 radical (unpaired) electrons. The maximum atomic E-state index is 12.9. The van der Waals surface area contributed by atoms with Gasteiger partial charge in [0.1, 0.15) is 23.9 Å². The molecule has 0 bridgehead atoms. The van der Waals surface area contributed by atoms with Crippen LogP contribution in [0.25, 0.3) is 0 Å². The average molecular weight is 232 g/mol. The lowest BCUT2D eigenvalue weighted by molar-refractivity contribution is 0.301. The Labute approximate surface area is 99.3 Å². The zero-order chi connectivity index (χ0) is 12.3. The van der Waals surface area contributed by atoms with Crippen LogP contribution in [0.3, 0.4) is 0 Å². The fourth-order valence-electron chi connectivity index (χ4n) is 1.55. The van der Waals surface area contributed by atoms with Gasteiger partial charge in [0.25, 0.3) is 0 Å². The topological polar surface area (TPSA) is 29.5 Å². The summed E-state index contributed by atoms with van der Waals surface area (Å²) in [6, 6.07) is 11.3. The quantitative estimate of drug-likeness (QED) is 0.878. The monoisotopic (exact) mass is 232 g/mol. The summed E-state index contributed by atoms with van der Waals surface area (Å²) >= 11 is 0. The Morgan fingerprint density at radius 2 is 1.94 bits per heavy atom. The van der Waals surface area contributed by atoms with E-state index in [1.54, 1.807) is 37.3 Å². The number of halogens is 1. The molecule has 0 aliphatic carbocycles. The highest BCUT2D eigenvalue weighted by molar-refractivity contribution is 5.42. The molecule has 0 spiro atoms. The summed E-state index contributed by atoms with van der Waals surface area (Å²) in [5.41, 5.74) is 1.44. The van der Waals surface area contributed by atoms with Crippen LogP contribution in [0.5, 0.6) is 11.5 Å². The van der Waals surface area contributed by atoms with Gasteiger partial charge in [-0.2, -0.15) is 0 Å². The summed E-state index contributed by atoms with van der Waals surface area (Å²) < 4.78 is 18.5. The number of hydrogen-bond acceptors (Lipinski definition) is 2. The molecule has 1 N–H and O–H groups in total. The number of benzene rings is 2. The van der Waals surface area contributed by atoms with Crippen molar-refractivity contribution in [2.75, 3.05) is 0 Å². The summed E-state index contributed by atoms with van der Waals surface area (Å²) in [5.74, 6) is 0.523. The van der Waals surface area contributed by atoms with E-state index in [1.165, 1.54) is 12.1 Å². The van der Waals surface area contributed by atoms with Gasteiger partial charge in [-0.1, -0.05) is 18.2 Å². The summed E-state index contributed by atoms with van der Waals surface area (Å²) in [5, 5.41) is 9.50. The summed E-state index contributed by atoms with van der Waals surface area (Å²) in [7, 11) is 0. The van der Waals surface area contributed by atoms with Crippen LogP contribution in [0.4, 0.5) is 4.39 Å².